The number of hydrogen-bond donors (Lipinski definition) is 1. The topological polar surface area (TPSA) is 77.6 Å². The highest BCUT2D eigenvalue weighted by atomic mass is 35.5. The van der Waals surface area contributed by atoms with Crippen LogP contribution >= 0.6 is 23.2 Å². The van der Waals surface area contributed by atoms with Crippen LogP contribution in [-0.4, -0.2) is 30.5 Å². The number of amides is 1. The van der Waals surface area contributed by atoms with Crippen LogP contribution in [0.5, 0.6) is 0 Å². The lowest BCUT2D eigenvalue weighted by molar-refractivity contribution is -0.141. The van der Waals surface area contributed by atoms with E-state index in [1.54, 1.807) is 6.07 Å². The van der Waals surface area contributed by atoms with Crippen LogP contribution in [0.2, 0.25) is 10.0 Å². The Balaban J connectivity index is 1.58. The number of aryl methyl sites for hydroxylation is 1. The molecule has 7 nitrogen and oxygen atoms in total. The van der Waals surface area contributed by atoms with Gasteiger partial charge in [0.25, 0.3) is 0 Å². The Morgan fingerprint density at radius 2 is 1.93 bits per heavy atom. The van der Waals surface area contributed by atoms with E-state index in [1.807, 2.05) is 18.2 Å². The zero-order chi connectivity index (χ0) is 21.2. The molecule has 154 valence electrons. The monoisotopic (exact) mass is 446 g/mol. The maximum atomic E-state index is 12.8. The Bertz CT molecular complexity index is 1030. The first-order valence-electron chi connectivity index (χ1n) is 8.38. The van der Waals surface area contributed by atoms with Crippen LogP contribution in [-0.2, 0) is 24.1 Å². The third-order valence-electron chi connectivity index (χ3n) is 4.03. The fourth-order valence-electron chi connectivity index (χ4n) is 2.55. The summed E-state index contributed by atoms with van der Waals surface area (Å²) in [4.78, 5) is 16.1. The van der Waals surface area contributed by atoms with Crippen LogP contribution in [0.1, 0.15) is 23.4 Å². The largest absolute Gasteiger partial charge is 0.436 e. The number of carbonyl (C=O) groups is 1. The van der Waals surface area contributed by atoms with Gasteiger partial charge in [0.05, 0.1) is 23.8 Å². The second-order valence-electron chi connectivity index (χ2n) is 6.12. The van der Waals surface area contributed by atoms with Gasteiger partial charge in [-0.05, 0) is 18.6 Å². The van der Waals surface area contributed by atoms with Crippen molar-refractivity contribution in [1.29, 1.82) is 0 Å². The summed E-state index contributed by atoms with van der Waals surface area (Å²) in [6, 6.07) is 7.25. The predicted octanol–water partition coefficient (Wildman–Crippen LogP) is 4.19. The summed E-state index contributed by atoms with van der Waals surface area (Å²) in [7, 11) is 0. The molecule has 3 aromatic rings. The summed E-state index contributed by atoms with van der Waals surface area (Å²) >= 11 is 11.8. The van der Waals surface area contributed by atoms with Crippen molar-refractivity contribution in [3.05, 3.63) is 57.6 Å². The van der Waals surface area contributed by atoms with E-state index in [4.69, 9.17) is 23.2 Å². The average molecular weight is 447 g/mol. The number of halogens is 5. The van der Waals surface area contributed by atoms with E-state index in [-0.39, 0.29) is 24.6 Å². The molecule has 3 rings (SSSR count). The molecule has 0 fully saturated rings. The van der Waals surface area contributed by atoms with E-state index in [0.717, 1.165) is 10.2 Å². The minimum atomic E-state index is -4.66. The van der Waals surface area contributed by atoms with E-state index >= 15 is 0 Å². The van der Waals surface area contributed by atoms with Crippen LogP contribution in [0.25, 0.3) is 0 Å². The van der Waals surface area contributed by atoms with Gasteiger partial charge in [-0.15, -0.1) is 5.10 Å². The predicted molar refractivity (Wildman–Crippen MR) is 101 cm³/mol. The molecule has 29 heavy (non-hydrogen) atoms. The van der Waals surface area contributed by atoms with Gasteiger partial charge in [0.1, 0.15) is 6.33 Å². The summed E-state index contributed by atoms with van der Waals surface area (Å²) in [5.74, 6) is -0.395. The molecule has 0 spiro atoms. The van der Waals surface area contributed by atoms with Crippen molar-refractivity contribution in [3.8, 4) is 0 Å². The molecule has 0 aliphatic carbocycles. The number of alkyl halides is 3. The number of aromatic nitrogens is 5. The number of nitrogens with one attached hydrogen (secondary N) is 1. The minimum absolute atomic E-state index is 0.0756. The number of benzene rings is 1. The SMILES string of the molecule is Cc1c(Cl)c(C(F)(F)F)nn1CCC(=O)Nc1ncn(Cc2ccccc2Cl)n1. The molecular formula is C17H15Cl2F3N6O. The fourth-order valence-corrected chi connectivity index (χ4v) is 2.98. The molecule has 0 saturated heterocycles. The first-order valence-corrected chi connectivity index (χ1v) is 9.13. The van der Waals surface area contributed by atoms with Gasteiger partial charge in [-0.1, -0.05) is 41.4 Å². The first-order chi connectivity index (χ1) is 13.6. The third kappa shape index (κ3) is 5.07. The lowest BCUT2D eigenvalue weighted by atomic mass is 10.2. The average Bonchev–Trinajstić information content (AvgIpc) is 3.20. The van der Waals surface area contributed by atoms with Crippen molar-refractivity contribution in [1.82, 2.24) is 24.5 Å². The number of hydrogen-bond acceptors (Lipinski definition) is 4. The van der Waals surface area contributed by atoms with Gasteiger partial charge in [-0.2, -0.15) is 18.3 Å². The minimum Gasteiger partial charge on any atom is -0.293 e. The molecule has 2 heterocycles. The van der Waals surface area contributed by atoms with Crippen LogP contribution in [0.3, 0.4) is 0 Å². The Hall–Kier alpha value is -2.59. The van der Waals surface area contributed by atoms with Gasteiger partial charge in [0.2, 0.25) is 11.9 Å². The van der Waals surface area contributed by atoms with Gasteiger partial charge in [0.15, 0.2) is 5.69 Å². The zero-order valence-corrected chi connectivity index (χ0v) is 16.6. The van der Waals surface area contributed by atoms with Gasteiger partial charge in [-0.25, -0.2) is 9.67 Å². The molecular weight excluding hydrogens is 432 g/mol. The van der Waals surface area contributed by atoms with E-state index < -0.39 is 22.8 Å². The maximum Gasteiger partial charge on any atom is 0.436 e. The smallest absolute Gasteiger partial charge is 0.293 e. The van der Waals surface area contributed by atoms with Crippen molar-refractivity contribution < 1.29 is 18.0 Å². The number of nitrogens with zero attached hydrogens (tertiary/aromatic N) is 5. The summed E-state index contributed by atoms with van der Waals surface area (Å²) in [6.07, 6.45) is -3.35. The number of rotatable bonds is 6. The van der Waals surface area contributed by atoms with E-state index in [2.05, 4.69) is 20.5 Å². The molecule has 1 amide bonds. The molecule has 1 N–H and O–H groups in total. The molecule has 12 heteroatoms. The molecule has 1 aromatic carbocycles. The molecule has 0 saturated carbocycles. The van der Waals surface area contributed by atoms with Gasteiger partial charge in [-0.3, -0.25) is 14.8 Å². The molecule has 0 unspecified atom stereocenters. The molecule has 0 bridgehead atoms. The molecule has 0 atom stereocenters. The van der Waals surface area contributed by atoms with E-state index in [1.165, 1.54) is 17.9 Å². The van der Waals surface area contributed by atoms with Crippen molar-refractivity contribution in [2.45, 2.75) is 32.6 Å². The molecule has 2 aromatic heterocycles. The fraction of sp³-hybridized carbons (Fsp3) is 0.294. The van der Waals surface area contributed by atoms with Crippen molar-refractivity contribution in [2.24, 2.45) is 0 Å². The zero-order valence-electron chi connectivity index (χ0n) is 15.0. The lowest BCUT2D eigenvalue weighted by Crippen LogP contribution is -2.17. The number of carbonyl (C=O) groups excluding carboxylic acids is 1. The lowest BCUT2D eigenvalue weighted by Gasteiger charge is -2.05. The van der Waals surface area contributed by atoms with Crippen molar-refractivity contribution >= 4 is 35.1 Å². The van der Waals surface area contributed by atoms with Crippen LogP contribution in [0.15, 0.2) is 30.6 Å². The summed E-state index contributed by atoms with van der Waals surface area (Å²) in [6.45, 7) is 1.70. The highest BCUT2D eigenvalue weighted by Gasteiger charge is 2.38. The van der Waals surface area contributed by atoms with E-state index in [0.29, 0.717) is 11.6 Å². The Kier molecular flexibility index (Phi) is 6.13. The Morgan fingerprint density at radius 1 is 1.21 bits per heavy atom. The second-order valence-corrected chi connectivity index (χ2v) is 6.91. The molecule has 0 aliphatic rings. The van der Waals surface area contributed by atoms with Crippen molar-refractivity contribution in [3.63, 3.8) is 0 Å². The molecule has 0 aliphatic heterocycles. The molecule has 0 radical (unpaired) electrons. The van der Waals surface area contributed by atoms with Crippen molar-refractivity contribution in [2.75, 3.05) is 5.32 Å². The standard InChI is InChI=1S/C17H15Cl2F3N6O/c1-10-14(19)15(17(20,21)22)25-28(10)7-6-13(29)24-16-23-9-27(26-16)8-11-4-2-3-5-12(11)18/h2-5,9H,6-8H2,1H3,(H,24,26,29). The summed E-state index contributed by atoms with van der Waals surface area (Å²) in [5.41, 5.74) is -0.200. The van der Waals surface area contributed by atoms with Crippen LogP contribution in [0.4, 0.5) is 19.1 Å². The highest BCUT2D eigenvalue weighted by Crippen LogP contribution is 2.35. The summed E-state index contributed by atoms with van der Waals surface area (Å²) < 4.78 is 41.1. The Morgan fingerprint density at radius 3 is 2.59 bits per heavy atom. The second kappa shape index (κ2) is 8.42. The quantitative estimate of drug-likeness (QED) is 0.615. The van der Waals surface area contributed by atoms with Gasteiger partial charge in [0, 0.05) is 11.4 Å². The number of anilines is 1. The van der Waals surface area contributed by atoms with Gasteiger partial charge >= 0.3 is 6.18 Å². The Labute approximate surface area is 173 Å². The normalized spacial score (nSPS) is 11.7. The third-order valence-corrected chi connectivity index (χ3v) is 4.85. The van der Waals surface area contributed by atoms with Crippen LogP contribution < -0.4 is 5.32 Å². The summed E-state index contributed by atoms with van der Waals surface area (Å²) in [5, 5.41) is 10.2. The van der Waals surface area contributed by atoms with Gasteiger partial charge < -0.3 is 0 Å². The maximum absolute atomic E-state index is 12.8. The highest BCUT2D eigenvalue weighted by molar-refractivity contribution is 6.32. The van der Waals surface area contributed by atoms with Crippen LogP contribution in [0, 0.1) is 6.92 Å². The first kappa shape index (κ1) is 21.1. The van der Waals surface area contributed by atoms with E-state index in [9.17, 15) is 18.0 Å².